The van der Waals surface area contributed by atoms with Gasteiger partial charge in [-0.25, -0.2) is 0 Å². The van der Waals surface area contributed by atoms with Gasteiger partial charge in [-0.05, 0) is 44.0 Å². The SMILES string of the molecule is Cl.O=C1c2ccc(Br)cc2C(=O)N1CC(=O)N1C2CCNCC1CC2. The van der Waals surface area contributed by atoms with Crippen LogP contribution in [0.2, 0.25) is 0 Å². The van der Waals surface area contributed by atoms with Crippen molar-refractivity contribution in [2.45, 2.75) is 31.3 Å². The lowest BCUT2D eigenvalue weighted by Gasteiger charge is -2.29. The summed E-state index contributed by atoms with van der Waals surface area (Å²) in [6.07, 6.45) is 2.92. The fraction of sp³-hybridized carbons (Fsp3) is 0.471. The number of carbonyl (C=O) groups excluding carboxylic acids is 3. The molecule has 134 valence electrons. The molecule has 2 fully saturated rings. The van der Waals surface area contributed by atoms with Gasteiger partial charge in [0, 0.05) is 23.1 Å². The molecule has 8 heteroatoms. The van der Waals surface area contributed by atoms with E-state index in [9.17, 15) is 14.4 Å². The number of amides is 3. The first-order valence-corrected chi connectivity index (χ1v) is 9.03. The third-order valence-electron chi connectivity index (χ3n) is 5.17. The first-order valence-electron chi connectivity index (χ1n) is 8.24. The molecular formula is C17H19BrClN3O3. The van der Waals surface area contributed by atoms with Gasteiger partial charge in [0.2, 0.25) is 5.91 Å². The standard InChI is InChI=1S/C17H18BrN3O3.ClH/c18-10-1-4-13-14(7-10)17(24)20(16(13)23)9-15(22)21-11-2-3-12(21)8-19-6-5-11;/h1,4,7,11-12,19H,2-3,5-6,8-9H2;1H. The van der Waals surface area contributed by atoms with Crippen LogP contribution in [0, 0.1) is 0 Å². The fourth-order valence-corrected chi connectivity index (χ4v) is 4.37. The minimum absolute atomic E-state index is 0. The Kier molecular flexibility index (Phi) is 5.18. The Balaban J connectivity index is 0.00000182. The van der Waals surface area contributed by atoms with Gasteiger partial charge in [-0.3, -0.25) is 19.3 Å². The van der Waals surface area contributed by atoms with Crippen molar-refractivity contribution >= 4 is 46.1 Å². The maximum Gasteiger partial charge on any atom is 0.262 e. The predicted molar refractivity (Wildman–Crippen MR) is 97.9 cm³/mol. The second-order valence-corrected chi connectivity index (χ2v) is 7.48. The molecule has 3 aliphatic rings. The van der Waals surface area contributed by atoms with Crippen molar-refractivity contribution in [3.8, 4) is 0 Å². The van der Waals surface area contributed by atoms with Crippen LogP contribution in [0.4, 0.5) is 0 Å². The molecule has 3 heterocycles. The fourth-order valence-electron chi connectivity index (χ4n) is 4.01. The number of nitrogens with zero attached hydrogens (tertiary/aromatic N) is 2. The Hall–Kier alpha value is -1.44. The van der Waals surface area contributed by atoms with E-state index in [1.54, 1.807) is 18.2 Å². The van der Waals surface area contributed by atoms with Crippen LogP contribution in [0.1, 0.15) is 40.0 Å². The largest absolute Gasteiger partial charge is 0.334 e. The van der Waals surface area contributed by atoms with Crippen LogP contribution < -0.4 is 5.32 Å². The number of hydrogen-bond donors (Lipinski definition) is 1. The Labute approximate surface area is 160 Å². The number of hydrogen-bond acceptors (Lipinski definition) is 4. The van der Waals surface area contributed by atoms with E-state index in [-0.39, 0.29) is 48.8 Å². The maximum atomic E-state index is 12.8. The molecule has 1 aromatic carbocycles. The van der Waals surface area contributed by atoms with E-state index in [0.29, 0.717) is 11.1 Å². The van der Waals surface area contributed by atoms with Gasteiger partial charge in [0.1, 0.15) is 6.54 Å². The Morgan fingerprint density at radius 2 is 1.84 bits per heavy atom. The summed E-state index contributed by atoms with van der Waals surface area (Å²) >= 11 is 3.31. The zero-order valence-electron chi connectivity index (χ0n) is 13.5. The van der Waals surface area contributed by atoms with E-state index in [0.717, 1.165) is 41.7 Å². The third kappa shape index (κ3) is 3.09. The van der Waals surface area contributed by atoms with Crippen molar-refractivity contribution in [2.24, 2.45) is 0 Å². The summed E-state index contributed by atoms with van der Waals surface area (Å²) in [6.45, 7) is 1.53. The molecule has 2 unspecified atom stereocenters. The maximum absolute atomic E-state index is 12.8. The summed E-state index contributed by atoms with van der Waals surface area (Å²) in [5, 5.41) is 3.35. The predicted octanol–water partition coefficient (Wildman–Crippen LogP) is 1.82. The highest BCUT2D eigenvalue weighted by atomic mass is 79.9. The zero-order chi connectivity index (χ0) is 16.8. The van der Waals surface area contributed by atoms with Crippen LogP contribution in [-0.4, -0.2) is 59.2 Å². The number of halogens is 2. The Morgan fingerprint density at radius 1 is 1.12 bits per heavy atom. The first kappa shape index (κ1) is 18.4. The highest BCUT2D eigenvalue weighted by Gasteiger charge is 2.42. The van der Waals surface area contributed by atoms with Gasteiger partial charge in [0.05, 0.1) is 11.1 Å². The van der Waals surface area contributed by atoms with E-state index in [2.05, 4.69) is 21.2 Å². The number of nitrogens with one attached hydrogen (secondary N) is 1. The van der Waals surface area contributed by atoms with Crippen LogP contribution in [0.3, 0.4) is 0 Å². The molecule has 0 radical (unpaired) electrons. The normalized spacial score (nSPS) is 24.8. The molecular weight excluding hydrogens is 410 g/mol. The third-order valence-corrected chi connectivity index (χ3v) is 5.66. The molecule has 2 bridgehead atoms. The number of rotatable bonds is 2. The quantitative estimate of drug-likeness (QED) is 0.730. The molecule has 0 saturated carbocycles. The summed E-state index contributed by atoms with van der Waals surface area (Å²) < 4.78 is 0.743. The monoisotopic (exact) mass is 427 g/mol. The minimum atomic E-state index is -0.384. The van der Waals surface area contributed by atoms with Crippen molar-refractivity contribution in [3.05, 3.63) is 33.8 Å². The number of carbonyl (C=O) groups is 3. The van der Waals surface area contributed by atoms with Gasteiger partial charge in [-0.2, -0.15) is 0 Å². The molecule has 0 aromatic heterocycles. The second-order valence-electron chi connectivity index (χ2n) is 6.57. The summed E-state index contributed by atoms with van der Waals surface area (Å²) in [4.78, 5) is 40.8. The number of benzene rings is 1. The van der Waals surface area contributed by atoms with Crippen molar-refractivity contribution < 1.29 is 14.4 Å². The van der Waals surface area contributed by atoms with Crippen LogP contribution >= 0.6 is 28.3 Å². The lowest BCUT2D eigenvalue weighted by molar-refractivity contribution is -0.134. The van der Waals surface area contributed by atoms with Crippen LogP contribution in [0.15, 0.2) is 22.7 Å². The topological polar surface area (TPSA) is 69.7 Å². The average molecular weight is 429 g/mol. The second kappa shape index (κ2) is 7.05. The smallest absolute Gasteiger partial charge is 0.262 e. The molecule has 6 nitrogen and oxygen atoms in total. The number of fused-ring (bicyclic) bond motifs is 3. The minimum Gasteiger partial charge on any atom is -0.334 e. The van der Waals surface area contributed by atoms with Crippen molar-refractivity contribution in [1.82, 2.24) is 15.1 Å². The van der Waals surface area contributed by atoms with Gasteiger partial charge < -0.3 is 10.2 Å². The lowest BCUT2D eigenvalue weighted by Crippen LogP contribution is -2.48. The van der Waals surface area contributed by atoms with Crippen LogP contribution in [-0.2, 0) is 4.79 Å². The van der Waals surface area contributed by atoms with Crippen molar-refractivity contribution in [2.75, 3.05) is 19.6 Å². The zero-order valence-corrected chi connectivity index (χ0v) is 15.9. The highest BCUT2D eigenvalue weighted by molar-refractivity contribution is 9.10. The van der Waals surface area contributed by atoms with Gasteiger partial charge in [0.15, 0.2) is 0 Å². The molecule has 1 aromatic rings. The highest BCUT2D eigenvalue weighted by Crippen LogP contribution is 2.30. The van der Waals surface area contributed by atoms with Crippen molar-refractivity contribution in [1.29, 1.82) is 0 Å². The Bertz CT molecular complexity index is 728. The average Bonchev–Trinajstić information content (AvgIpc) is 2.95. The molecule has 25 heavy (non-hydrogen) atoms. The molecule has 2 atom stereocenters. The molecule has 1 N–H and O–H groups in total. The van der Waals surface area contributed by atoms with Gasteiger partial charge in [-0.1, -0.05) is 15.9 Å². The van der Waals surface area contributed by atoms with Crippen LogP contribution in [0.25, 0.3) is 0 Å². The van der Waals surface area contributed by atoms with E-state index >= 15 is 0 Å². The molecule has 0 aliphatic carbocycles. The van der Waals surface area contributed by atoms with Gasteiger partial charge >= 0.3 is 0 Å². The molecule has 3 aliphatic heterocycles. The van der Waals surface area contributed by atoms with E-state index in [1.165, 1.54) is 0 Å². The van der Waals surface area contributed by atoms with Crippen LogP contribution in [0.5, 0.6) is 0 Å². The summed E-state index contributed by atoms with van der Waals surface area (Å²) in [5.41, 5.74) is 0.735. The molecule has 0 spiro atoms. The van der Waals surface area contributed by atoms with E-state index in [1.807, 2.05) is 4.90 Å². The number of imide groups is 1. The lowest BCUT2D eigenvalue weighted by atomic mass is 10.1. The van der Waals surface area contributed by atoms with Crippen molar-refractivity contribution in [3.63, 3.8) is 0 Å². The molecule has 2 saturated heterocycles. The summed E-state index contributed by atoms with van der Waals surface area (Å²) in [5.74, 6) is -0.888. The van der Waals surface area contributed by atoms with E-state index < -0.39 is 0 Å². The summed E-state index contributed by atoms with van der Waals surface area (Å²) in [7, 11) is 0. The Morgan fingerprint density at radius 3 is 2.64 bits per heavy atom. The molecule has 4 rings (SSSR count). The molecule has 3 amide bonds. The van der Waals surface area contributed by atoms with E-state index in [4.69, 9.17) is 0 Å². The summed E-state index contributed by atoms with van der Waals surface area (Å²) in [6, 6.07) is 5.40. The van der Waals surface area contributed by atoms with Gasteiger partial charge in [0.25, 0.3) is 11.8 Å². The van der Waals surface area contributed by atoms with Gasteiger partial charge in [-0.15, -0.1) is 12.4 Å². The first-order chi connectivity index (χ1) is 11.6.